The van der Waals surface area contributed by atoms with Crippen molar-refractivity contribution in [2.75, 3.05) is 6.61 Å². The predicted molar refractivity (Wildman–Crippen MR) is 81.3 cm³/mol. The van der Waals surface area contributed by atoms with Gasteiger partial charge in [0.05, 0.1) is 22.7 Å². The third-order valence-electron chi connectivity index (χ3n) is 3.55. The van der Waals surface area contributed by atoms with Crippen molar-refractivity contribution < 1.29 is 14.3 Å². The molecule has 0 aromatic heterocycles. The molecule has 5 nitrogen and oxygen atoms in total. The van der Waals surface area contributed by atoms with Gasteiger partial charge in [0.15, 0.2) is 0 Å². The van der Waals surface area contributed by atoms with E-state index >= 15 is 0 Å². The number of hydrogen-bond acceptors (Lipinski definition) is 4. The van der Waals surface area contributed by atoms with Crippen LogP contribution in [0.5, 0.6) is 0 Å². The molecule has 0 bridgehead atoms. The normalized spacial score (nSPS) is 16.3. The lowest BCUT2D eigenvalue weighted by Crippen LogP contribution is -2.39. The molecule has 116 valence electrons. The lowest BCUT2D eigenvalue weighted by Gasteiger charge is -2.18. The summed E-state index contributed by atoms with van der Waals surface area (Å²) < 4.78 is 4.92. The molecule has 22 heavy (non-hydrogen) atoms. The van der Waals surface area contributed by atoms with Gasteiger partial charge in [0.1, 0.15) is 11.5 Å². The minimum atomic E-state index is -1.17. The van der Waals surface area contributed by atoms with Gasteiger partial charge in [-0.3, -0.25) is 9.59 Å². The van der Waals surface area contributed by atoms with E-state index in [2.05, 4.69) is 5.32 Å². The number of nitrogens with one attached hydrogen (secondary N) is 1. The van der Waals surface area contributed by atoms with Gasteiger partial charge in [0.25, 0.3) is 0 Å². The quantitative estimate of drug-likeness (QED) is 0.660. The average Bonchev–Trinajstić information content (AvgIpc) is 3.30. The van der Waals surface area contributed by atoms with Gasteiger partial charge < -0.3 is 10.1 Å². The van der Waals surface area contributed by atoms with Crippen LogP contribution in [-0.4, -0.2) is 18.5 Å². The van der Waals surface area contributed by atoms with Gasteiger partial charge >= 0.3 is 5.97 Å². The lowest BCUT2D eigenvalue weighted by atomic mass is 10.0. The van der Waals surface area contributed by atoms with Gasteiger partial charge in [-0.1, -0.05) is 35.3 Å². The minimum absolute atomic E-state index is 0.204. The molecule has 1 N–H and O–H groups in total. The Kier molecular flexibility index (Phi) is 4.94. The first-order chi connectivity index (χ1) is 10.5. The Morgan fingerprint density at radius 1 is 1.45 bits per heavy atom. The van der Waals surface area contributed by atoms with E-state index in [0.29, 0.717) is 23.4 Å². The zero-order valence-corrected chi connectivity index (χ0v) is 13.4. The van der Waals surface area contributed by atoms with Crippen molar-refractivity contribution in [2.24, 2.45) is 5.41 Å². The molecule has 1 aliphatic rings. The highest BCUT2D eigenvalue weighted by molar-refractivity contribution is 6.42. The standard InChI is InChI=1S/C15H14Cl2N2O3/c1-2-22-14(21)15(6-7-15)13(20)19-11(8-18)9-4-3-5-10(16)12(9)17/h3-5,11H,2,6-7H2,1H3,(H,19,20)/t11-/m0/s1. The molecular formula is C15H14Cl2N2O3. The smallest absolute Gasteiger partial charge is 0.321 e. The molecule has 1 aromatic rings. The number of carbonyl (C=O) groups excluding carboxylic acids is 2. The van der Waals surface area contributed by atoms with Gasteiger partial charge in [-0.15, -0.1) is 0 Å². The maximum atomic E-state index is 12.3. The number of halogens is 2. The van der Waals surface area contributed by atoms with Crippen LogP contribution in [0, 0.1) is 16.7 Å². The van der Waals surface area contributed by atoms with E-state index in [1.807, 2.05) is 6.07 Å². The zero-order chi connectivity index (χ0) is 16.3. The van der Waals surface area contributed by atoms with Crippen LogP contribution >= 0.6 is 23.2 Å². The van der Waals surface area contributed by atoms with Crippen molar-refractivity contribution in [1.29, 1.82) is 5.26 Å². The maximum absolute atomic E-state index is 12.3. The van der Waals surface area contributed by atoms with Gasteiger partial charge in [-0.25, -0.2) is 0 Å². The van der Waals surface area contributed by atoms with Crippen molar-refractivity contribution in [1.82, 2.24) is 5.32 Å². The van der Waals surface area contributed by atoms with Gasteiger partial charge in [0, 0.05) is 5.56 Å². The van der Waals surface area contributed by atoms with Crippen LogP contribution in [0.2, 0.25) is 10.0 Å². The molecule has 1 aliphatic carbocycles. The van der Waals surface area contributed by atoms with E-state index in [0.717, 1.165) is 0 Å². The Morgan fingerprint density at radius 2 is 2.14 bits per heavy atom. The lowest BCUT2D eigenvalue weighted by molar-refractivity contribution is -0.154. The first kappa shape index (κ1) is 16.6. The topological polar surface area (TPSA) is 79.2 Å². The number of ether oxygens (including phenoxy) is 1. The van der Waals surface area contributed by atoms with E-state index in [4.69, 9.17) is 27.9 Å². The fourth-order valence-corrected chi connectivity index (χ4v) is 2.53. The molecule has 7 heteroatoms. The van der Waals surface area contributed by atoms with E-state index < -0.39 is 23.3 Å². The third-order valence-corrected chi connectivity index (χ3v) is 4.38. The number of esters is 1. The molecule has 1 amide bonds. The van der Waals surface area contributed by atoms with Crippen LogP contribution in [0.25, 0.3) is 0 Å². The van der Waals surface area contributed by atoms with Crippen LogP contribution < -0.4 is 5.32 Å². The van der Waals surface area contributed by atoms with Crippen LogP contribution in [0.4, 0.5) is 0 Å². The Labute approximate surface area is 138 Å². The fraction of sp³-hybridized carbons (Fsp3) is 0.400. The molecule has 0 radical (unpaired) electrons. The highest BCUT2D eigenvalue weighted by Crippen LogP contribution is 2.47. The summed E-state index contributed by atoms with van der Waals surface area (Å²) in [5.74, 6) is -1.07. The van der Waals surface area contributed by atoms with Gasteiger partial charge in [0.2, 0.25) is 5.91 Å². The van der Waals surface area contributed by atoms with Crippen LogP contribution in [-0.2, 0) is 14.3 Å². The molecule has 0 saturated heterocycles. The molecule has 0 unspecified atom stereocenters. The Hall–Kier alpha value is -1.77. The number of amides is 1. The first-order valence-corrected chi connectivity index (χ1v) is 7.53. The second-order valence-corrected chi connectivity index (χ2v) is 5.77. The second kappa shape index (κ2) is 6.55. The number of benzene rings is 1. The van der Waals surface area contributed by atoms with Crippen molar-refractivity contribution in [3.05, 3.63) is 33.8 Å². The van der Waals surface area contributed by atoms with E-state index in [1.165, 1.54) is 0 Å². The van der Waals surface area contributed by atoms with Crippen molar-refractivity contribution >= 4 is 35.1 Å². The van der Waals surface area contributed by atoms with Crippen molar-refractivity contribution in [2.45, 2.75) is 25.8 Å². The third kappa shape index (κ3) is 3.03. The molecule has 1 fully saturated rings. The molecule has 0 heterocycles. The Bertz CT molecular complexity index is 651. The van der Waals surface area contributed by atoms with E-state index in [1.54, 1.807) is 25.1 Å². The largest absolute Gasteiger partial charge is 0.465 e. The monoisotopic (exact) mass is 340 g/mol. The fourth-order valence-electron chi connectivity index (χ4n) is 2.11. The highest BCUT2D eigenvalue weighted by atomic mass is 35.5. The summed E-state index contributed by atoms with van der Waals surface area (Å²) in [6.07, 6.45) is 0.832. The summed E-state index contributed by atoms with van der Waals surface area (Å²) in [7, 11) is 0. The Balaban J connectivity index is 2.18. The second-order valence-electron chi connectivity index (χ2n) is 4.98. The number of nitriles is 1. The van der Waals surface area contributed by atoms with Gasteiger partial charge in [-0.05, 0) is 25.8 Å². The number of nitrogens with zero attached hydrogens (tertiary/aromatic N) is 1. The van der Waals surface area contributed by atoms with Crippen molar-refractivity contribution in [3.8, 4) is 6.07 Å². The Morgan fingerprint density at radius 3 is 2.68 bits per heavy atom. The molecule has 1 saturated carbocycles. The molecule has 1 aromatic carbocycles. The van der Waals surface area contributed by atoms with E-state index in [9.17, 15) is 14.9 Å². The SMILES string of the molecule is CCOC(=O)C1(C(=O)N[C@@H](C#N)c2cccc(Cl)c2Cl)CC1. The molecule has 2 rings (SSSR count). The van der Waals surface area contributed by atoms with Gasteiger partial charge in [-0.2, -0.15) is 5.26 Å². The number of carbonyl (C=O) groups is 2. The molecular weight excluding hydrogens is 327 g/mol. The average molecular weight is 341 g/mol. The minimum Gasteiger partial charge on any atom is -0.465 e. The van der Waals surface area contributed by atoms with E-state index in [-0.39, 0.29) is 11.6 Å². The molecule has 0 spiro atoms. The summed E-state index contributed by atoms with van der Waals surface area (Å²) in [6.45, 7) is 1.88. The predicted octanol–water partition coefficient (Wildman–Crippen LogP) is 3.02. The van der Waals surface area contributed by atoms with Crippen LogP contribution in [0.15, 0.2) is 18.2 Å². The first-order valence-electron chi connectivity index (χ1n) is 6.78. The number of rotatable bonds is 5. The van der Waals surface area contributed by atoms with Crippen LogP contribution in [0.3, 0.4) is 0 Å². The molecule has 1 atom stereocenters. The summed E-state index contributed by atoms with van der Waals surface area (Å²) in [6, 6.07) is 5.81. The van der Waals surface area contributed by atoms with Crippen molar-refractivity contribution in [3.63, 3.8) is 0 Å². The highest BCUT2D eigenvalue weighted by Gasteiger charge is 2.58. The zero-order valence-electron chi connectivity index (χ0n) is 11.9. The summed E-state index contributed by atoms with van der Waals surface area (Å²) >= 11 is 12.0. The summed E-state index contributed by atoms with van der Waals surface area (Å²) in [5.41, 5.74) is -0.777. The summed E-state index contributed by atoms with van der Waals surface area (Å²) in [4.78, 5) is 24.2. The van der Waals surface area contributed by atoms with Crippen LogP contribution in [0.1, 0.15) is 31.4 Å². The maximum Gasteiger partial charge on any atom is 0.321 e. The molecule has 0 aliphatic heterocycles. The number of hydrogen-bond donors (Lipinski definition) is 1. The summed E-state index contributed by atoms with van der Waals surface area (Å²) in [5, 5.41) is 12.3.